The molecule has 13 heavy (non-hydrogen) atoms. The Morgan fingerprint density at radius 1 is 1.62 bits per heavy atom. The number of nitrogens with one attached hydrogen (secondary N) is 1. The Kier molecular flexibility index (Phi) is 1.69. The van der Waals surface area contributed by atoms with Crippen molar-refractivity contribution in [3.63, 3.8) is 0 Å². The monoisotopic (exact) mass is 178 g/mol. The minimum Gasteiger partial charge on any atom is -0.382 e. The van der Waals surface area contributed by atoms with Crippen LogP contribution in [0.1, 0.15) is 12.5 Å². The fourth-order valence-electron chi connectivity index (χ4n) is 1.65. The van der Waals surface area contributed by atoms with E-state index in [-0.39, 0.29) is 10.6 Å². The van der Waals surface area contributed by atoms with Gasteiger partial charge in [0.2, 0.25) is 0 Å². The summed E-state index contributed by atoms with van der Waals surface area (Å²) in [4.78, 5) is 10.1. The van der Waals surface area contributed by atoms with Gasteiger partial charge in [-0.15, -0.1) is 0 Å². The zero-order chi connectivity index (χ0) is 9.42. The Morgan fingerprint density at radius 2 is 2.38 bits per heavy atom. The molecule has 1 N–H and O–H groups in total. The molecule has 0 saturated carbocycles. The van der Waals surface area contributed by atoms with Gasteiger partial charge in [0, 0.05) is 23.9 Å². The molecular formula is C9H10N2O2. The smallest absolute Gasteiger partial charge is 0.269 e. The third-order valence-corrected chi connectivity index (χ3v) is 2.23. The fourth-order valence-corrected chi connectivity index (χ4v) is 1.65. The highest BCUT2D eigenvalue weighted by Crippen LogP contribution is 2.28. The number of nitro groups is 1. The van der Waals surface area contributed by atoms with Gasteiger partial charge in [-0.3, -0.25) is 10.1 Å². The maximum atomic E-state index is 10.5. The fraction of sp³-hybridized carbons (Fsp3) is 0.333. The first kappa shape index (κ1) is 8.04. The zero-order valence-corrected chi connectivity index (χ0v) is 7.28. The second kappa shape index (κ2) is 2.73. The van der Waals surface area contributed by atoms with E-state index in [1.807, 2.05) is 0 Å². The largest absolute Gasteiger partial charge is 0.382 e. The first-order chi connectivity index (χ1) is 6.16. The maximum absolute atomic E-state index is 10.5. The van der Waals surface area contributed by atoms with Crippen LogP contribution in [0.4, 0.5) is 11.4 Å². The Bertz CT molecular complexity index is 363. The van der Waals surface area contributed by atoms with Gasteiger partial charge in [0.1, 0.15) is 0 Å². The number of rotatable bonds is 1. The number of benzene rings is 1. The summed E-state index contributed by atoms with van der Waals surface area (Å²) in [7, 11) is 0. The third-order valence-electron chi connectivity index (χ3n) is 2.23. The quantitative estimate of drug-likeness (QED) is 0.528. The zero-order valence-electron chi connectivity index (χ0n) is 7.28. The van der Waals surface area contributed by atoms with Gasteiger partial charge in [0.15, 0.2) is 0 Å². The average molecular weight is 178 g/mol. The second-order valence-corrected chi connectivity index (χ2v) is 3.35. The van der Waals surface area contributed by atoms with Crippen LogP contribution in [-0.4, -0.2) is 11.0 Å². The Morgan fingerprint density at radius 3 is 3.08 bits per heavy atom. The van der Waals surface area contributed by atoms with Gasteiger partial charge in [-0.1, -0.05) is 0 Å². The lowest BCUT2D eigenvalue weighted by Gasteiger charge is -2.00. The van der Waals surface area contributed by atoms with E-state index in [1.165, 1.54) is 6.07 Å². The predicted octanol–water partition coefficient (Wildman–Crippen LogP) is 1.95. The predicted molar refractivity (Wildman–Crippen MR) is 49.9 cm³/mol. The van der Waals surface area contributed by atoms with Crippen molar-refractivity contribution < 1.29 is 4.92 Å². The van der Waals surface area contributed by atoms with Crippen LogP contribution in [0.5, 0.6) is 0 Å². The number of hydrogen-bond acceptors (Lipinski definition) is 3. The Hall–Kier alpha value is -1.58. The van der Waals surface area contributed by atoms with Gasteiger partial charge in [0.25, 0.3) is 5.69 Å². The average Bonchev–Trinajstić information content (AvgIpc) is 2.42. The molecule has 1 atom stereocenters. The first-order valence-electron chi connectivity index (χ1n) is 4.20. The lowest BCUT2D eigenvalue weighted by atomic mass is 10.1. The minimum atomic E-state index is -0.358. The van der Waals surface area contributed by atoms with E-state index in [9.17, 15) is 10.1 Å². The summed E-state index contributed by atoms with van der Waals surface area (Å²) in [6.45, 7) is 2.06. The van der Waals surface area contributed by atoms with E-state index in [2.05, 4.69) is 12.2 Å². The number of anilines is 1. The molecular weight excluding hydrogens is 168 g/mol. The van der Waals surface area contributed by atoms with E-state index in [1.54, 1.807) is 12.1 Å². The van der Waals surface area contributed by atoms with Crippen LogP contribution in [0.3, 0.4) is 0 Å². The van der Waals surface area contributed by atoms with Crippen molar-refractivity contribution in [3.8, 4) is 0 Å². The van der Waals surface area contributed by atoms with Crippen molar-refractivity contribution in [2.45, 2.75) is 19.4 Å². The summed E-state index contributed by atoms with van der Waals surface area (Å²) in [5.74, 6) is 0. The van der Waals surface area contributed by atoms with Crippen molar-refractivity contribution in [1.29, 1.82) is 0 Å². The van der Waals surface area contributed by atoms with Crippen LogP contribution in [0, 0.1) is 10.1 Å². The molecule has 0 saturated heterocycles. The SMILES string of the molecule is C[C@H]1Cc2cc([N+](=O)[O-])ccc2N1. The minimum absolute atomic E-state index is 0.176. The van der Waals surface area contributed by atoms with Crippen LogP contribution in [0.15, 0.2) is 18.2 Å². The number of fused-ring (bicyclic) bond motifs is 1. The first-order valence-corrected chi connectivity index (χ1v) is 4.20. The molecule has 0 spiro atoms. The molecule has 4 nitrogen and oxygen atoms in total. The molecule has 1 heterocycles. The molecule has 0 radical (unpaired) electrons. The molecule has 1 aliphatic rings. The van der Waals surface area contributed by atoms with Gasteiger partial charge in [-0.2, -0.15) is 0 Å². The Balaban J connectivity index is 2.40. The highest BCUT2D eigenvalue weighted by molar-refractivity contribution is 5.60. The van der Waals surface area contributed by atoms with Crippen molar-refractivity contribution in [1.82, 2.24) is 0 Å². The summed E-state index contributed by atoms with van der Waals surface area (Å²) in [5.41, 5.74) is 2.24. The van der Waals surface area contributed by atoms with Crippen molar-refractivity contribution in [2.75, 3.05) is 5.32 Å². The summed E-state index contributed by atoms with van der Waals surface area (Å²) in [6.07, 6.45) is 0.872. The molecule has 0 aliphatic carbocycles. The molecule has 1 aromatic rings. The van der Waals surface area contributed by atoms with Crippen LogP contribution < -0.4 is 5.32 Å². The van der Waals surface area contributed by atoms with E-state index < -0.39 is 0 Å². The summed E-state index contributed by atoms with van der Waals surface area (Å²) >= 11 is 0. The van der Waals surface area contributed by atoms with Gasteiger partial charge < -0.3 is 5.32 Å². The van der Waals surface area contributed by atoms with Crippen LogP contribution in [0.25, 0.3) is 0 Å². The lowest BCUT2D eigenvalue weighted by molar-refractivity contribution is -0.384. The van der Waals surface area contributed by atoms with Crippen molar-refractivity contribution >= 4 is 11.4 Å². The van der Waals surface area contributed by atoms with Crippen LogP contribution in [-0.2, 0) is 6.42 Å². The molecule has 4 heteroatoms. The third kappa shape index (κ3) is 1.35. The molecule has 0 bridgehead atoms. The van der Waals surface area contributed by atoms with Crippen LogP contribution >= 0.6 is 0 Å². The lowest BCUT2D eigenvalue weighted by Crippen LogP contribution is -2.08. The number of hydrogen-bond donors (Lipinski definition) is 1. The van der Waals surface area contributed by atoms with Crippen molar-refractivity contribution in [3.05, 3.63) is 33.9 Å². The molecule has 0 unspecified atom stereocenters. The van der Waals surface area contributed by atoms with Gasteiger partial charge in [0.05, 0.1) is 4.92 Å². The molecule has 0 fully saturated rings. The summed E-state index contributed by atoms with van der Waals surface area (Å²) in [5, 5.41) is 13.7. The van der Waals surface area contributed by atoms with Gasteiger partial charge in [-0.05, 0) is 25.0 Å². The van der Waals surface area contributed by atoms with E-state index in [0.29, 0.717) is 6.04 Å². The molecule has 0 aromatic heterocycles. The highest BCUT2D eigenvalue weighted by Gasteiger charge is 2.19. The summed E-state index contributed by atoms with van der Waals surface area (Å²) in [6, 6.07) is 5.34. The van der Waals surface area contributed by atoms with Crippen molar-refractivity contribution in [2.24, 2.45) is 0 Å². The van der Waals surface area contributed by atoms with E-state index in [0.717, 1.165) is 17.7 Å². The van der Waals surface area contributed by atoms with Crippen LogP contribution in [0.2, 0.25) is 0 Å². The molecule has 1 aliphatic heterocycles. The second-order valence-electron chi connectivity index (χ2n) is 3.35. The maximum Gasteiger partial charge on any atom is 0.269 e. The summed E-state index contributed by atoms with van der Waals surface area (Å²) < 4.78 is 0. The molecule has 2 rings (SSSR count). The number of non-ortho nitro benzene ring substituents is 1. The molecule has 0 amide bonds. The number of nitro benzene ring substituents is 1. The molecule has 1 aromatic carbocycles. The standard InChI is InChI=1S/C9H10N2O2/c1-6-4-7-5-8(11(12)13)2-3-9(7)10-6/h2-3,5-6,10H,4H2,1H3/t6-/m0/s1. The number of nitrogens with zero attached hydrogens (tertiary/aromatic N) is 1. The van der Waals surface area contributed by atoms with E-state index in [4.69, 9.17) is 0 Å². The normalized spacial score (nSPS) is 19.3. The topological polar surface area (TPSA) is 55.2 Å². The molecule has 68 valence electrons. The van der Waals surface area contributed by atoms with Gasteiger partial charge in [-0.25, -0.2) is 0 Å². The van der Waals surface area contributed by atoms with E-state index >= 15 is 0 Å². The Labute approximate surface area is 75.7 Å². The highest BCUT2D eigenvalue weighted by atomic mass is 16.6. The van der Waals surface area contributed by atoms with Gasteiger partial charge >= 0.3 is 0 Å².